The highest BCUT2D eigenvalue weighted by atomic mass is 32.1. The van der Waals surface area contributed by atoms with Gasteiger partial charge in [-0.25, -0.2) is 4.98 Å². The van der Waals surface area contributed by atoms with Crippen LogP contribution in [0.15, 0.2) is 5.38 Å². The van der Waals surface area contributed by atoms with Gasteiger partial charge in [-0.2, -0.15) is 0 Å². The summed E-state index contributed by atoms with van der Waals surface area (Å²) in [6.07, 6.45) is 4.29. The lowest BCUT2D eigenvalue weighted by Gasteiger charge is -2.43. The Bertz CT molecular complexity index is 563. The smallest absolute Gasteiger partial charge is 0.249 e. The van der Waals surface area contributed by atoms with Gasteiger partial charge in [0.25, 0.3) is 0 Å². The van der Waals surface area contributed by atoms with Crippen molar-refractivity contribution in [2.45, 2.75) is 57.5 Å². The second kappa shape index (κ2) is 5.40. The van der Waals surface area contributed by atoms with Crippen LogP contribution in [0.25, 0.3) is 0 Å². The Labute approximate surface area is 128 Å². The van der Waals surface area contributed by atoms with Crippen LogP contribution in [0.2, 0.25) is 0 Å². The van der Waals surface area contributed by atoms with E-state index in [0.717, 1.165) is 36.4 Å². The highest BCUT2D eigenvalue weighted by Gasteiger charge is 2.50. The van der Waals surface area contributed by atoms with Gasteiger partial charge in [0.1, 0.15) is 11.6 Å². The van der Waals surface area contributed by atoms with Gasteiger partial charge in [-0.3, -0.25) is 9.59 Å². The van der Waals surface area contributed by atoms with Crippen molar-refractivity contribution in [2.24, 2.45) is 0 Å². The van der Waals surface area contributed by atoms with Crippen molar-refractivity contribution in [1.82, 2.24) is 15.2 Å². The Morgan fingerprint density at radius 2 is 2.14 bits per heavy atom. The average Bonchev–Trinajstić information content (AvgIpc) is 3.07. The molecule has 1 aliphatic carbocycles. The van der Waals surface area contributed by atoms with Crippen molar-refractivity contribution in [3.63, 3.8) is 0 Å². The number of aryl methyl sites for hydroxylation is 1. The van der Waals surface area contributed by atoms with Crippen LogP contribution in [0.1, 0.15) is 43.3 Å². The number of carbonyl (C=O) groups is 2. The summed E-state index contributed by atoms with van der Waals surface area (Å²) in [7, 11) is 0. The lowest BCUT2D eigenvalue weighted by Crippen LogP contribution is -2.68. The topological polar surface area (TPSA) is 62.3 Å². The number of nitrogens with one attached hydrogen (secondary N) is 1. The zero-order valence-electron chi connectivity index (χ0n) is 12.5. The summed E-state index contributed by atoms with van der Waals surface area (Å²) in [6.45, 7) is 4.35. The van der Waals surface area contributed by atoms with Gasteiger partial charge >= 0.3 is 0 Å². The van der Waals surface area contributed by atoms with Gasteiger partial charge in [0.15, 0.2) is 0 Å². The lowest BCUT2D eigenvalue weighted by molar-refractivity contribution is -0.154. The summed E-state index contributed by atoms with van der Waals surface area (Å²) < 4.78 is 0. The highest BCUT2D eigenvalue weighted by Crippen LogP contribution is 2.34. The number of aromatic nitrogens is 1. The van der Waals surface area contributed by atoms with Gasteiger partial charge in [-0.05, 0) is 26.7 Å². The zero-order valence-corrected chi connectivity index (χ0v) is 13.3. The highest BCUT2D eigenvalue weighted by molar-refractivity contribution is 7.09. The minimum atomic E-state index is -0.623. The van der Waals surface area contributed by atoms with E-state index in [1.165, 1.54) is 0 Å². The van der Waals surface area contributed by atoms with Crippen LogP contribution in [0, 0.1) is 6.92 Å². The molecule has 1 saturated carbocycles. The molecule has 1 aliphatic heterocycles. The Balaban J connectivity index is 1.75. The van der Waals surface area contributed by atoms with Crippen LogP contribution in [0.4, 0.5) is 0 Å². The molecule has 1 spiro atoms. The fourth-order valence-corrected chi connectivity index (χ4v) is 4.00. The van der Waals surface area contributed by atoms with Crippen LogP contribution in [-0.2, 0) is 16.0 Å². The van der Waals surface area contributed by atoms with E-state index in [1.807, 2.05) is 12.3 Å². The number of thiazole rings is 1. The maximum atomic E-state index is 12.8. The molecule has 1 aromatic heterocycles. The van der Waals surface area contributed by atoms with Crippen molar-refractivity contribution in [1.29, 1.82) is 0 Å². The molecular formula is C15H21N3O2S. The predicted molar refractivity (Wildman–Crippen MR) is 81.1 cm³/mol. The molecule has 1 aromatic rings. The Hall–Kier alpha value is -1.43. The third kappa shape index (κ3) is 2.57. The van der Waals surface area contributed by atoms with Crippen molar-refractivity contribution in [2.75, 3.05) is 6.54 Å². The largest absolute Gasteiger partial charge is 0.340 e. The summed E-state index contributed by atoms with van der Waals surface area (Å²) in [5.74, 6) is 0.0741. The zero-order chi connectivity index (χ0) is 15.0. The van der Waals surface area contributed by atoms with E-state index in [9.17, 15) is 9.59 Å². The molecule has 21 heavy (non-hydrogen) atoms. The van der Waals surface area contributed by atoms with Gasteiger partial charge in [0, 0.05) is 18.3 Å². The molecule has 2 heterocycles. The Morgan fingerprint density at radius 1 is 1.43 bits per heavy atom. The van der Waals surface area contributed by atoms with Gasteiger partial charge in [0.05, 0.1) is 10.7 Å². The molecule has 114 valence electrons. The molecule has 5 nitrogen and oxygen atoms in total. The SMILES string of the molecule is Cc1nc(CCN2C(=O)C3(CCCC3)NC(=O)C2C)cs1. The monoisotopic (exact) mass is 307 g/mol. The molecule has 3 rings (SSSR count). The van der Waals surface area contributed by atoms with Crippen LogP contribution in [-0.4, -0.2) is 39.8 Å². The standard InChI is InChI=1S/C15H21N3O2S/c1-10-13(19)17-15(6-3-4-7-15)14(20)18(10)8-5-12-9-21-11(2)16-12/h9-10H,3-8H2,1-2H3,(H,17,19). The number of rotatable bonds is 3. The summed E-state index contributed by atoms with van der Waals surface area (Å²) in [5, 5.41) is 6.04. The van der Waals surface area contributed by atoms with E-state index in [1.54, 1.807) is 23.2 Å². The second-order valence-electron chi connectivity index (χ2n) is 6.06. The second-order valence-corrected chi connectivity index (χ2v) is 7.12. The van der Waals surface area contributed by atoms with E-state index in [2.05, 4.69) is 10.3 Å². The molecule has 2 amide bonds. The molecular weight excluding hydrogens is 286 g/mol. The van der Waals surface area contributed by atoms with Gasteiger partial charge in [-0.15, -0.1) is 11.3 Å². The number of hydrogen-bond donors (Lipinski definition) is 1. The van der Waals surface area contributed by atoms with E-state index in [0.29, 0.717) is 13.0 Å². The maximum absolute atomic E-state index is 12.8. The molecule has 2 fully saturated rings. The summed E-state index contributed by atoms with van der Waals surface area (Å²) in [6, 6.07) is -0.386. The first-order valence-corrected chi connectivity index (χ1v) is 8.44. The number of hydrogen-bond acceptors (Lipinski definition) is 4. The molecule has 2 aliphatic rings. The molecule has 1 unspecified atom stereocenters. The first kappa shape index (κ1) is 14.5. The maximum Gasteiger partial charge on any atom is 0.249 e. The Kier molecular flexibility index (Phi) is 3.73. The normalized spacial score (nSPS) is 24.7. The van der Waals surface area contributed by atoms with E-state index in [4.69, 9.17) is 0 Å². The van der Waals surface area contributed by atoms with Gasteiger partial charge in [-0.1, -0.05) is 12.8 Å². The fraction of sp³-hybridized carbons (Fsp3) is 0.667. The number of carbonyl (C=O) groups excluding carboxylic acids is 2. The van der Waals surface area contributed by atoms with Crippen LogP contribution < -0.4 is 5.32 Å². The van der Waals surface area contributed by atoms with Gasteiger partial charge in [0.2, 0.25) is 11.8 Å². The van der Waals surface area contributed by atoms with E-state index >= 15 is 0 Å². The third-order valence-electron chi connectivity index (χ3n) is 4.61. The Morgan fingerprint density at radius 3 is 2.76 bits per heavy atom. The molecule has 6 heteroatoms. The van der Waals surface area contributed by atoms with Crippen LogP contribution in [0.3, 0.4) is 0 Å². The third-order valence-corrected chi connectivity index (χ3v) is 5.43. The van der Waals surface area contributed by atoms with Gasteiger partial charge < -0.3 is 10.2 Å². The molecule has 1 atom stereocenters. The number of nitrogens with zero attached hydrogens (tertiary/aromatic N) is 2. The first-order chi connectivity index (χ1) is 10.0. The molecule has 0 aromatic carbocycles. The average molecular weight is 307 g/mol. The minimum absolute atomic E-state index is 0.0223. The summed E-state index contributed by atoms with van der Waals surface area (Å²) in [5.41, 5.74) is 0.380. The number of piperazine rings is 1. The van der Waals surface area contributed by atoms with Crippen LogP contribution in [0.5, 0.6) is 0 Å². The van der Waals surface area contributed by atoms with E-state index in [-0.39, 0.29) is 17.9 Å². The van der Waals surface area contributed by atoms with Crippen molar-refractivity contribution in [3.8, 4) is 0 Å². The quantitative estimate of drug-likeness (QED) is 0.923. The first-order valence-electron chi connectivity index (χ1n) is 7.56. The van der Waals surface area contributed by atoms with Crippen molar-refractivity contribution < 1.29 is 9.59 Å². The minimum Gasteiger partial charge on any atom is -0.340 e. The molecule has 1 N–H and O–H groups in total. The predicted octanol–water partition coefficient (Wildman–Crippen LogP) is 1.65. The number of amides is 2. The fourth-order valence-electron chi connectivity index (χ4n) is 3.36. The summed E-state index contributed by atoms with van der Waals surface area (Å²) in [4.78, 5) is 31.2. The molecule has 1 saturated heterocycles. The molecule has 0 bridgehead atoms. The summed E-state index contributed by atoms with van der Waals surface area (Å²) >= 11 is 1.62. The van der Waals surface area contributed by atoms with E-state index < -0.39 is 5.54 Å². The molecule has 0 radical (unpaired) electrons. The van der Waals surface area contributed by atoms with Crippen LogP contribution >= 0.6 is 11.3 Å². The van der Waals surface area contributed by atoms with Crippen molar-refractivity contribution >= 4 is 23.2 Å². The lowest BCUT2D eigenvalue weighted by atomic mass is 9.91. The van der Waals surface area contributed by atoms with Crippen molar-refractivity contribution in [3.05, 3.63) is 16.1 Å².